The summed E-state index contributed by atoms with van der Waals surface area (Å²) in [4.78, 5) is 16.1. The average Bonchev–Trinajstić information content (AvgIpc) is 3.26. The van der Waals surface area contributed by atoms with E-state index in [0.29, 0.717) is 6.29 Å². The van der Waals surface area contributed by atoms with Gasteiger partial charge in [-0.2, -0.15) is 0 Å². The van der Waals surface area contributed by atoms with E-state index in [4.69, 9.17) is 0 Å². The number of H-pyrrole nitrogens is 2. The van der Waals surface area contributed by atoms with Crippen molar-refractivity contribution in [2.75, 3.05) is 0 Å². The maximum Gasteiger partial charge on any atom is 0.200 e. The van der Waals surface area contributed by atoms with E-state index in [0.717, 1.165) is 0 Å². The SMILES string of the molecule is O=Cc1ccc(C(c2ccc[nH]2)c2c(F)c(F)c(F)c(F)c2F)[nH]1. The van der Waals surface area contributed by atoms with Crippen molar-refractivity contribution in [3.05, 3.63) is 82.2 Å². The molecule has 0 spiro atoms. The Morgan fingerprint density at radius 3 is 1.96 bits per heavy atom. The molecule has 0 aliphatic rings. The molecule has 0 aliphatic heterocycles. The van der Waals surface area contributed by atoms with Crippen molar-refractivity contribution in [3.8, 4) is 0 Å². The summed E-state index contributed by atoms with van der Waals surface area (Å²) in [5.74, 6) is -11.5. The molecule has 8 heteroatoms. The van der Waals surface area contributed by atoms with Crippen LogP contribution in [0.4, 0.5) is 22.0 Å². The summed E-state index contributed by atoms with van der Waals surface area (Å²) < 4.78 is 68.8. The van der Waals surface area contributed by atoms with Crippen molar-refractivity contribution in [2.45, 2.75) is 5.92 Å². The van der Waals surface area contributed by atoms with Crippen LogP contribution in [0.3, 0.4) is 0 Å². The average molecular weight is 340 g/mol. The van der Waals surface area contributed by atoms with Gasteiger partial charge in [0.1, 0.15) is 0 Å². The number of aldehydes is 1. The Kier molecular flexibility index (Phi) is 3.96. The van der Waals surface area contributed by atoms with Crippen molar-refractivity contribution >= 4 is 6.29 Å². The Hall–Kier alpha value is -2.90. The smallest absolute Gasteiger partial charge is 0.200 e. The number of halogens is 5. The van der Waals surface area contributed by atoms with Gasteiger partial charge in [0.25, 0.3) is 0 Å². The highest BCUT2D eigenvalue weighted by Crippen LogP contribution is 2.36. The molecular weight excluding hydrogens is 331 g/mol. The Morgan fingerprint density at radius 1 is 0.833 bits per heavy atom. The minimum Gasteiger partial charge on any atom is -0.364 e. The van der Waals surface area contributed by atoms with Crippen LogP contribution in [0.5, 0.6) is 0 Å². The fourth-order valence-corrected chi connectivity index (χ4v) is 2.54. The molecule has 2 N–H and O–H groups in total. The number of carbonyl (C=O) groups excluding carboxylic acids is 1. The highest BCUT2D eigenvalue weighted by atomic mass is 19.2. The van der Waals surface area contributed by atoms with E-state index < -0.39 is 40.6 Å². The van der Waals surface area contributed by atoms with Crippen molar-refractivity contribution in [1.29, 1.82) is 0 Å². The number of carbonyl (C=O) groups is 1. The molecule has 1 aromatic carbocycles. The predicted molar refractivity (Wildman–Crippen MR) is 74.1 cm³/mol. The normalized spacial score (nSPS) is 12.4. The number of hydrogen-bond acceptors (Lipinski definition) is 1. The Bertz CT molecular complexity index is 873. The van der Waals surface area contributed by atoms with Gasteiger partial charge in [0, 0.05) is 23.1 Å². The van der Waals surface area contributed by atoms with Gasteiger partial charge in [-0.25, -0.2) is 22.0 Å². The Balaban J connectivity index is 2.30. The fourth-order valence-electron chi connectivity index (χ4n) is 2.54. The van der Waals surface area contributed by atoms with Gasteiger partial charge in [0.15, 0.2) is 29.6 Å². The molecular formula is C16H9F5N2O. The first-order valence-electron chi connectivity index (χ1n) is 6.74. The number of aromatic amines is 2. The largest absolute Gasteiger partial charge is 0.364 e. The van der Waals surface area contributed by atoms with Crippen molar-refractivity contribution < 1.29 is 26.7 Å². The summed E-state index contributed by atoms with van der Waals surface area (Å²) in [6.07, 6.45) is 1.91. The molecule has 0 fully saturated rings. The number of benzene rings is 1. The fraction of sp³-hybridized carbons (Fsp3) is 0.0625. The van der Waals surface area contributed by atoms with Crippen LogP contribution in [-0.4, -0.2) is 16.3 Å². The summed E-state index contributed by atoms with van der Waals surface area (Å²) in [5.41, 5.74) is -0.612. The molecule has 1 atom stereocenters. The third-order valence-electron chi connectivity index (χ3n) is 3.63. The second-order valence-corrected chi connectivity index (χ2v) is 5.03. The Labute approximate surface area is 132 Å². The Morgan fingerprint density at radius 2 is 1.46 bits per heavy atom. The molecule has 3 rings (SSSR count). The highest BCUT2D eigenvalue weighted by molar-refractivity contribution is 5.72. The molecule has 0 radical (unpaired) electrons. The molecule has 0 amide bonds. The lowest BCUT2D eigenvalue weighted by Gasteiger charge is -2.18. The van der Waals surface area contributed by atoms with E-state index in [-0.39, 0.29) is 17.1 Å². The van der Waals surface area contributed by atoms with Crippen LogP contribution in [0.25, 0.3) is 0 Å². The molecule has 0 saturated heterocycles. The maximum absolute atomic E-state index is 14.2. The monoisotopic (exact) mass is 340 g/mol. The van der Waals surface area contributed by atoms with Gasteiger partial charge in [0.2, 0.25) is 5.82 Å². The lowest BCUT2D eigenvalue weighted by Crippen LogP contribution is -2.14. The van der Waals surface area contributed by atoms with Crippen molar-refractivity contribution in [2.24, 2.45) is 0 Å². The first kappa shape index (κ1) is 16.0. The summed E-state index contributed by atoms with van der Waals surface area (Å²) in [7, 11) is 0. The van der Waals surface area contributed by atoms with Crippen LogP contribution in [0.15, 0.2) is 30.5 Å². The zero-order chi connectivity index (χ0) is 17.4. The molecule has 0 bridgehead atoms. The molecule has 3 aromatic rings. The van der Waals surface area contributed by atoms with Crippen LogP contribution in [0.2, 0.25) is 0 Å². The van der Waals surface area contributed by atoms with Gasteiger partial charge in [-0.15, -0.1) is 0 Å². The first-order chi connectivity index (χ1) is 11.5. The third-order valence-corrected chi connectivity index (χ3v) is 3.63. The molecule has 124 valence electrons. The quantitative estimate of drug-likeness (QED) is 0.320. The second-order valence-electron chi connectivity index (χ2n) is 5.03. The van der Waals surface area contributed by atoms with E-state index >= 15 is 0 Å². The minimum absolute atomic E-state index is 0.0998. The molecule has 0 saturated carbocycles. The first-order valence-corrected chi connectivity index (χ1v) is 6.74. The number of nitrogens with one attached hydrogen (secondary N) is 2. The molecule has 24 heavy (non-hydrogen) atoms. The lowest BCUT2D eigenvalue weighted by atomic mass is 9.91. The number of aromatic nitrogens is 2. The molecule has 3 nitrogen and oxygen atoms in total. The zero-order valence-electron chi connectivity index (χ0n) is 11.8. The van der Waals surface area contributed by atoms with Crippen LogP contribution >= 0.6 is 0 Å². The van der Waals surface area contributed by atoms with Crippen LogP contribution < -0.4 is 0 Å². The van der Waals surface area contributed by atoms with Gasteiger partial charge in [-0.05, 0) is 24.3 Å². The minimum atomic E-state index is -2.22. The van der Waals surface area contributed by atoms with Crippen LogP contribution in [0, 0.1) is 29.1 Å². The maximum atomic E-state index is 14.2. The number of hydrogen-bond donors (Lipinski definition) is 2. The van der Waals surface area contributed by atoms with Crippen LogP contribution in [0.1, 0.15) is 33.4 Å². The van der Waals surface area contributed by atoms with Crippen LogP contribution in [-0.2, 0) is 0 Å². The predicted octanol–water partition coefficient (Wildman–Crippen LogP) is 4.03. The van der Waals surface area contributed by atoms with Gasteiger partial charge >= 0.3 is 0 Å². The van der Waals surface area contributed by atoms with Gasteiger partial charge in [-0.3, -0.25) is 4.79 Å². The van der Waals surface area contributed by atoms with Crippen molar-refractivity contribution in [1.82, 2.24) is 9.97 Å². The second kappa shape index (κ2) is 5.95. The molecule has 0 aliphatic carbocycles. The standard InChI is InChI=1S/C16H9F5N2O/c17-12-11(13(18)15(20)16(21)14(12)19)10(8-2-1-5-22-8)9-4-3-7(6-24)23-9/h1-6,10,22-23H. The third kappa shape index (κ3) is 2.40. The topological polar surface area (TPSA) is 48.6 Å². The summed E-state index contributed by atoms with van der Waals surface area (Å²) in [6.45, 7) is 0. The van der Waals surface area contributed by atoms with Crippen molar-refractivity contribution in [3.63, 3.8) is 0 Å². The van der Waals surface area contributed by atoms with Gasteiger partial charge in [0.05, 0.1) is 11.6 Å². The van der Waals surface area contributed by atoms with E-state index in [2.05, 4.69) is 9.97 Å². The molecule has 1 unspecified atom stereocenters. The lowest BCUT2D eigenvalue weighted by molar-refractivity contribution is 0.111. The highest BCUT2D eigenvalue weighted by Gasteiger charge is 2.33. The van der Waals surface area contributed by atoms with E-state index in [9.17, 15) is 26.7 Å². The summed E-state index contributed by atoms with van der Waals surface area (Å²) in [6, 6.07) is 5.62. The summed E-state index contributed by atoms with van der Waals surface area (Å²) >= 11 is 0. The zero-order valence-corrected chi connectivity index (χ0v) is 11.8. The van der Waals surface area contributed by atoms with E-state index in [1.54, 1.807) is 0 Å². The van der Waals surface area contributed by atoms with Gasteiger partial charge in [-0.1, -0.05) is 0 Å². The van der Waals surface area contributed by atoms with E-state index in [1.807, 2.05) is 0 Å². The van der Waals surface area contributed by atoms with E-state index in [1.165, 1.54) is 30.5 Å². The van der Waals surface area contributed by atoms with Gasteiger partial charge < -0.3 is 9.97 Å². The molecule has 2 heterocycles. The summed E-state index contributed by atoms with van der Waals surface area (Å²) in [5, 5.41) is 0. The number of rotatable bonds is 4. The molecule has 2 aromatic heterocycles.